The summed E-state index contributed by atoms with van der Waals surface area (Å²) in [5.74, 6) is 0.670. The molecule has 7 nitrogen and oxygen atoms in total. The summed E-state index contributed by atoms with van der Waals surface area (Å²) < 4.78 is 5.39. The Hall–Kier alpha value is -1.39. The molecule has 0 aliphatic carbocycles. The number of benzene rings is 1. The van der Waals surface area contributed by atoms with Gasteiger partial charge in [0.1, 0.15) is 0 Å². The number of nitrogens with one attached hydrogen (secondary N) is 2. The molecule has 1 aromatic carbocycles. The molecular formula is C19H32IN5O2. The zero-order valence-corrected chi connectivity index (χ0v) is 18.9. The zero-order valence-electron chi connectivity index (χ0n) is 16.5. The Balaban J connectivity index is 0.00000364. The van der Waals surface area contributed by atoms with Crippen LogP contribution in [-0.4, -0.2) is 75.2 Å². The second-order valence-corrected chi connectivity index (χ2v) is 6.54. The molecule has 27 heavy (non-hydrogen) atoms. The summed E-state index contributed by atoms with van der Waals surface area (Å²) in [5, 5.41) is 6.23. The van der Waals surface area contributed by atoms with Gasteiger partial charge in [-0.1, -0.05) is 24.3 Å². The van der Waals surface area contributed by atoms with Crippen LogP contribution in [-0.2, 0) is 22.6 Å². The van der Waals surface area contributed by atoms with Crippen LogP contribution in [0.2, 0.25) is 0 Å². The van der Waals surface area contributed by atoms with E-state index in [2.05, 4.69) is 44.8 Å². The molecule has 1 amide bonds. The monoisotopic (exact) mass is 489 g/mol. The molecule has 1 aliphatic heterocycles. The minimum atomic E-state index is 0. The maximum Gasteiger partial charge on any atom is 0.241 e. The first-order valence-electron chi connectivity index (χ1n) is 9.18. The summed E-state index contributed by atoms with van der Waals surface area (Å²) in [6.07, 6.45) is 0. The number of halogens is 1. The standard InChI is InChI=1S/C19H31N5O2.HI/c1-4-20-19(22-14-18(25)23(2)3)21-13-16-5-7-17(8-6-16)15-24-9-11-26-12-10-24;/h5-8H,4,9-15H2,1-3H3,(H2,20,21,22);1H. The van der Waals surface area contributed by atoms with E-state index >= 15 is 0 Å². The van der Waals surface area contributed by atoms with E-state index in [4.69, 9.17) is 4.74 Å². The van der Waals surface area contributed by atoms with Gasteiger partial charge in [0.05, 0.1) is 26.3 Å². The molecular weight excluding hydrogens is 457 g/mol. The molecule has 0 unspecified atom stereocenters. The quantitative estimate of drug-likeness (QED) is 0.343. The van der Waals surface area contributed by atoms with Crippen LogP contribution < -0.4 is 10.6 Å². The average molecular weight is 489 g/mol. The zero-order chi connectivity index (χ0) is 18.8. The first-order chi connectivity index (χ1) is 12.6. The fraction of sp³-hybridized carbons (Fsp3) is 0.579. The minimum Gasteiger partial charge on any atom is -0.379 e. The molecule has 0 spiro atoms. The molecule has 1 heterocycles. The van der Waals surface area contributed by atoms with Gasteiger partial charge >= 0.3 is 0 Å². The predicted molar refractivity (Wildman–Crippen MR) is 119 cm³/mol. The van der Waals surface area contributed by atoms with E-state index in [1.54, 1.807) is 19.0 Å². The lowest BCUT2D eigenvalue weighted by molar-refractivity contribution is -0.127. The van der Waals surface area contributed by atoms with Crippen molar-refractivity contribution in [2.45, 2.75) is 20.0 Å². The fourth-order valence-electron chi connectivity index (χ4n) is 2.60. The van der Waals surface area contributed by atoms with Gasteiger partial charge < -0.3 is 20.3 Å². The van der Waals surface area contributed by atoms with Crippen LogP contribution in [0.15, 0.2) is 29.3 Å². The molecule has 1 aliphatic rings. The molecule has 2 N–H and O–H groups in total. The number of carbonyl (C=O) groups is 1. The van der Waals surface area contributed by atoms with Gasteiger partial charge in [-0.2, -0.15) is 0 Å². The van der Waals surface area contributed by atoms with Crippen molar-refractivity contribution in [3.63, 3.8) is 0 Å². The van der Waals surface area contributed by atoms with Gasteiger partial charge in [-0.05, 0) is 18.1 Å². The van der Waals surface area contributed by atoms with Crippen molar-refractivity contribution in [2.24, 2.45) is 4.99 Å². The van der Waals surface area contributed by atoms with E-state index in [1.165, 1.54) is 5.56 Å². The Labute approximate surface area is 179 Å². The summed E-state index contributed by atoms with van der Waals surface area (Å²) in [6.45, 7) is 8.16. The second kappa shape index (κ2) is 12.9. The molecule has 0 aromatic heterocycles. The summed E-state index contributed by atoms with van der Waals surface area (Å²) in [5.41, 5.74) is 2.45. The first kappa shape index (κ1) is 23.6. The number of aliphatic imine (C=N–C) groups is 1. The van der Waals surface area contributed by atoms with Gasteiger partial charge in [-0.15, -0.1) is 24.0 Å². The van der Waals surface area contributed by atoms with Crippen molar-refractivity contribution in [2.75, 3.05) is 53.5 Å². The van der Waals surface area contributed by atoms with Crippen molar-refractivity contribution in [3.8, 4) is 0 Å². The highest BCUT2D eigenvalue weighted by molar-refractivity contribution is 14.0. The van der Waals surface area contributed by atoms with Gasteiger partial charge in [-0.25, -0.2) is 4.99 Å². The molecule has 2 rings (SSSR count). The van der Waals surface area contributed by atoms with Crippen LogP contribution in [0.25, 0.3) is 0 Å². The third kappa shape index (κ3) is 8.89. The molecule has 1 fully saturated rings. The number of amides is 1. The lowest BCUT2D eigenvalue weighted by Gasteiger charge is -2.26. The number of rotatable bonds is 7. The molecule has 152 valence electrons. The topological polar surface area (TPSA) is 69.2 Å². The third-order valence-electron chi connectivity index (χ3n) is 4.20. The number of carbonyl (C=O) groups excluding carboxylic acids is 1. The molecule has 8 heteroatoms. The molecule has 0 saturated carbocycles. The maximum atomic E-state index is 11.7. The van der Waals surface area contributed by atoms with Crippen LogP contribution in [0.3, 0.4) is 0 Å². The van der Waals surface area contributed by atoms with Gasteiger partial charge in [0.15, 0.2) is 5.96 Å². The van der Waals surface area contributed by atoms with Gasteiger partial charge in [0.2, 0.25) is 5.91 Å². The number of guanidine groups is 1. The number of hydrogen-bond donors (Lipinski definition) is 2. The highest BCUT2D eigenvalue weighted by atomic mass is 127. The Morgan fingerprint density at radius 3 is 2.37 bits per heavy atom. The summed E-state index contributed by atoms with van der Waals surface area (Å²) in [6, 6.07) is 8.56. The highest BCUT2D eigenvalue weighted by Crippen LogP contribution is 2.10. The number of nitrogens with zero attached hydrogens (tertiary/aromatic N) is 3. The summed E-state index contributed by atoms with van der Waals surface area (Å²) >= 11 is 0. The van der Waals surface area contributed by atoms with E-state index in [0.717, 1.165) is 45.0 Å². The summed E-state index contributed by atoms with van der Waals surface area (Å²) in [7, 11) is 3.49. The Morgan fingerprint density at radius 1 is 1.15 bits per heavy atom. The van der Waals surface area contributed by atoms with E-state index in [1.807, 2.05) is 6.92 Å². The van der Waals surface area contributed by atoms with Crippen molar-refractivity contribution < 1.29 is 9.53 Å². The fourth-order valence-corrected chi connectivity index (χ4v) is 2.60. The van der Waals surface area contributed by atoms with Crippen LogP contribution in [0, 0.1) is 0 Å². The van der Waals surface area contributed by atoms with Crippen LogP contribution in [0.4, 0.5) is 0 Å². The average Bonchev–Trinajstić information content (AvgIpc) is 2.65. The number of ether oxygens (including phenoxy) is 1. The first-order valence-corrected chi connectivity index (χ1v) is 9.18. The number of hydrogen-bond acceptors (Lipinski definition) is 4. The van der Waals surface area contributed by atoms with Crippen molar-refractivity contribution in [1.29, 1.82) is 0 Å². The van der Waals surface area contributed by atoms with Crippen LogP contribution >= 0.6 is 24.0 Å². The second-order valence-electron chi connectivity index (χ2n) is 6.54. The molecule has 1 aromatic rings. The molecule has 0 radical (unpaired) electrons. The lowest BCUT2D eigenvalue weighted by atomic mass is 10.1. The Bertz CT molecular complexity index is 586. The summed E-state index contributed by atoms with van der Waals surface area (Å²) in [4.78, 5) is 20.2. The third-order valence-corrected chi connectivity index (χ3v) is 4.20. The van der Waals surface area contributed by atoms with Crippen molar-refractivity contribution in [3.05, 3.63) is 35.4 Å². The van der Waals surface area contributed by atoms with Crippen molar-refractivity contribution in [1.82, 2.24) is 20.4 Å². The van der Waals surface area contributed by atoms with E-state index < -0.39 is 0 Å². The van der Waals surface area contributed by atoms with Crippen LogP contribution in [0.5, 0.6) is 0 Å². The highest BCUT2D eigenvalue weighted by Gasteiger charge is 2.10. The Kier molecular flexibility index (Phi) is 11.3. The van der Waals surface area contributed by atoms with Crippen LogP contribution in [0.1, 0.15) is 18.1 Å². The van der Waals surface area contributed by atoms with Gasteiger partial charge in [0.25, 0.3) is 0 Å². The number of likely N-dealkylation sites (N-methyl/N-ethyl adjacent to an activating group) is 1. The smallest absolute Gasteiger partial charge is 0.241 e. The van der Waals surface area contributed by atoms with Gasteiger partial charge in [0, 0.05) is 40.3 Å². The van der Waals surface area contributed by atoms with Gasteiger partial charge in [-0.3, -0.25) is 9.69 Å². The number of morpholine rings is 1. The molecule has 0 bridgehead atoms. The van der Waals surface area contributed by atoms with E-state index in [-0.39, 0.29) is 36.4 Å². The molecule has 0 atom stereocenters. The SMILES string of the molecule is CCNC(=NCc1ccc(CN2CCOCC2)cc1)NCC(=O)N(C)C.I. The van der Waals surface area contributed by atoms with E-state index in [0.29, 0.717) is 12.5 Å². The molecule has 1 saturated heterocycles. The largest absolute Gasteiger partial charge is 0.379 e. The predicted octanol–water partition coefficient (Wildman–Crippen LogP) is 1.28. The Morgan fingerprint density at radius 2 is 1.78 bits per heavy atom. The van der Waals surface area contributed by atoms with E-state index in [9.17, 15) is 4.79 Å². The minimum absolute atomic E-state index is 0. The van der Waals surface area contributed by atoms with Crippen molar-refractivity contribution >= 4 is 35.8 Å². The lowest BCUT2D eigenvalue weighted by Crippen LogP contribution is -2.42. The normalized spacial score (nSPS) is 15.0. The maximum absolute atomic E-state index is 11.7.